The maximum Gasteiger partial charge on any atom is 0.288 e. The molecule has 0 aliphatic heterocycles. The van der Waals surface area contributed by atoms with E-state index in [1.54, 1.807) is 30.3 Å². The number of nitrogens with one attached hydrogen (secondary N) is 2. The van der Waals surface area contributed by atoms with Crippen molar-refractivity contribution < 1.29 is 14.5 Å². The number of hydrogen-bond donors (Lipinski definition) is 2. The summed E-state index contributed by atoms with van der Waals surface area (Å²) in [5.41, 5.74) is 3.55. The van der Waals surface area contributed by atoms with Crippen molar-refractivity contribution in [2.75, 3.05) is 5.32 Å². The van der Waals surface area contributed by atoms with Gasteiger partial charge in [0.05, 0.1) is 11.1 Å². The number of hydrazone groups is 1. The molecule has 1 aliphatic carbocycles. The molecule has 9 heteroatoms. The first-order valence-electron chi connectivity index (χ1n) is 9.62. The Bertz CT molecular complexity index is 969. The molecular formula is C21H21ClN4O4. The molecular weight excluding hydrogens is 408 g/mol. The molecule has 1 aliphatic rings. The minimum Gasteiger partial charge on any atom is -0.326 e. The Morgan fingerprint density at radius 3 is 2.47 bits per heavy atom. The second kappa shape index (κ2) is 9.98. The van der Waals surface area contributed by atoms with Crippen LogP contribution in [0.5, 0.6) is 0 Å². The van der Waals surface area contributed by atoms with Crippen molar-refractivity contribution in [2.24, 2.45) is 11.0 Å². The van der Waals surface area contributed by atoms with Crippen LogP contribution >= 0.6 is 11.6 Å². The maximum atomic E-state index is 12.3. The van der Waals surface area contributed by atoms with Gasteiger partial charge in [0.15, 0.2) is 0 Å². The zero-order valence-corrected chi connectivity index (χ0v) is 16.9. The van der Waals surface area contributed by atoms with E-state index in [-0.39, 0.29) is 22.5 Å². The molecule has 2 aromatic rings. The smallest absolute Gasteiger partial charge is 0.288 e. The number of halogens is 1. The third-order valence-electron chi connectivity index (χ3n) is 4.94. The Labute approximate surface area is 178 Å². The summed E-state index contributed by atoms with van der Waals surface area (Å²) in [4.78, 5) is 34.8. The second-order valence-corrected chi connectivity index (χ2v) is 7.48. The first-order chi connectivity index (χ1) is 14.4. The zero-order valence-electron chi connectivity index (χ0n) is 16.1. The summed E-state index contributed by atoms with van der Waals surface area (Å²) in [7, 11) is 0. The molecule has 8 nitrogen and oxygen atoms in total. The molecule has 2 amide bonds. The molecule has 0 atom stereocenters. The molecule has 0 saturated heterocycles. The number of nitro groups is 1. The molecule has 0 bridgehead atoms. The topological polar surface area (TPSA) is 114 Å². The van der Waals surface area contributed by atoms with Gasteiger partial charge in [-0.2, -0.15) is 5.10 Å². The van der Waals surface area contributed by atoms with Gasteiger partial charge in [-0.15, -0.1) is 0 Å². The van der Waals surface area contributed by atoms with Gasteiger partial charge in [0, 0.05) is 28.8 Å². The number of anilines is 1. The Morgan fingerprint density at radius 2 is 1.80 bits per heavy atom. The van der Waals surface area contributed by atoms with Crippen molar-refractivity contribution in [2.45, 2.75) is 32.1 Å². The van der Waals surface area contributed by atoms with Gasteiger partial charge >= 0.3 is 0 Å². The lowest BCUT2D eigenvalue weighted by Gasteiger charge is -2.20. The molecule has 0 aromatic heterocycles. The largest absolute Gasteiger partial charge is 0.326 e. The standard InChI is InChI=1S/C21H21ClN4O4/c22-18-11-6-14(12-19(18)26(29)30)13-23-25-21(28)16-7-9-17(10-8-16)24-20(27)15-4-2-1-3-5-15/h6-13,15H,1-5H2,(H,24,27)(H,25,28)/b23-13+. The van der Waals surface area contributed by atoms with Gasteiger partial charge in [-0.25, -0.2) is 5.43 Å². The molecule has 2 N–H and O–H groups in total. The van der Waals surface area contributed by atoms with Crippen LogP contribution in [-0.2, 0) is 4.79 Å². The lowest BCUT2D eigenvalue weighted by molar-refractivity contribution is -0.384. The van der Waals surface area contributed by atoms with Crippen LogP contribution in [0.4, 0.5) is 11.4 Å². The Balaban J connectivity index is 1.55. The van der Waals surface area contributed by atoms with Gasteiger partial charge in [-0.05, 0) is 43.2 Å². The average molecular weight is 429 g/mol. The lowest BCUT2D eigenvalue weighted by atomic mass is 9.88. The van der Waals surface area contributed by atoms with Crippen molar-refractivity contribution >= 4 is 41.0 Å². The van der Waals surface area contributed by atoms with Gasteiger partial charge < -0.3 is 5.32 Å². The Morgan fingerprint density at radius 1 is 1.10 bits per heavy atom. The molecule has 1 saturated carbocycles. The summed E-state index contributed by atoms with van der Waals surface area (Å²) in [6.07, 6.45) is 6.48. The molecule has 1 fully saturated rings. The monoisotopic (exact) mass is 428 g/mol. The number of carbonyl (C=O) groups is 2. The summed E-state index contributed by atoms with van der Waals surface area (Å²) in [5.74, 6) is -0.367. The van der Waals surface area contributed by atoms with Gasteiger partial charge in [0.1, 0.15) is 5.02 Å². The van der Waals surface area contributed by atoms with Gasteiger partial charge in [0.2, 0.25) is 5.91 Å². The van der Waals surface area contributed by atoms with Crippen LogP contribution in [0.1, 0.15) is 48.0 Å². The SMILES string of the molecule is O=C(N/N=C/c1ccc(Cl)c([N+](=O)[O-])c1)c1ccc(NC(=O)C2CCCCC2)cc1. The minimum absolute atomic E-state index is 0.0218. The Hall–Kier alpha value is -3.26. The van der Waals surface area contributed by atoms with E-state index < -0.39 is 10.8 Å². The summed E-state index contributed by atoms with van der Waals surface area (Å²) < 4.78 is 0. The fourth-order valence-electron chi connectivity index (χ4n) is 3.29. The van der Waals surface area contributed by atoms with Crippen molar-refractivity contribution in [1.82, 2.24) is 5.43 Å². The quantitative estimate of drug-likeness (QED) is 0.399. The van der Waals surface area contributed by atoms with Crippen LogP contribution in [0.15, 0.2) is 47.6 Å². The summed E-state index contributed by atoms with van der Waals surface area (Å²) >= 11 is 5.76. The van der Waals surface area contributed by atoms with Crippen LogP contribution in [-0.4, -0.2) is 23.0 Å². The van der Waals surface area contributed by atoms with Gasteiger partial charge in [-0.3, -0.25) is 19.7 Å². The fourth-order valence-corrected chi connectivity index (χ4v) is 3.48. The third-order valence-corrected chi connectivity index (χ3v) is 5.26. The fraction of sp³-hybridized carbons (Fsp3) is 0.286. The molecule has 0 unspecified atom stereocenters. The first kappa shape index (κ1) is 21.4. The second-order valence-electron chi connectivity index (χ2n) is 7.07. The lowest BCUT2D eigenvalue weighted by Crippen LogP contribution is -2.24. The van der Waals surface area contributed by atoms with Crippen molar-refractivity contribution in [3.8, 4) is 0 Å². The number of carbonyl (C=O) groups excluding carboxylic acids is 2. The summed E-state index contributed by atoms with van der Waals surface area (Å²) in [6, 6.07) is 10.7. The van der Waals surface area contributed by atoms with E-state index in [0.29, 0.717) is 16.8 Å². The van der Waals surface area contributed by atoms with Crippen molar-refractivity contribution in [3.63, 3.8) is 0 Å². The summed E-state index contributed by atoms with van der Waals surface area (Å²) in [6.45, 7) is 0. The highest BCUT2D eigenvalue weighted by molar-refractivity contribution is 6.32. The zero-order chi connectivity index (χ0) is 21.5. The average Bonchev–Trinajstić information content (AvgIpc) is 2.75. The van der Waals surface area contributed by atoms with E-state index in [4.69, 9.17) is 11.6 Å². The minimum atomic E-state index is -0.590. The maximum absolute atomic E-state index is 12.3. The number of benzene rings is 2. The molecule has 0 heterocycles. The van der Waals surface area contributed by atoms with Gasteiger partial charge in [0.25, 0.3) is 11.6 Å². The van der Waals surface area contributed by atoms with E-state index in [0.717, 1.165) is 25.7 Å². The third kappa shape index (κ3) is 5.64. The van der Waals surface area contributed by atoms with E-state index in [2.05, 4.69) is 15.8 Å². The normalized spacial score (nSPS) is 14.4. The molecule has 30 heavy (non-hydrogen) atoms. The molecule has 0 radical (unpaired) electrons. The van der Waals surface area contributed by atoms with E-state index >= 15 is 0 Å². The number of amides is 2. The van der Waals surface area contributed by atoms with E-state index in [1.807, 2.05) is 0 Å². The highest BCUT2D eigenvalue weighted by atomic mass is 35.5. The Kier molecular flexibility index (Phi) is 7.13. The highest BCUT2D eigenvalue weighted by Gasteiger charge is 2.21. The van der Waals surface area contributed by atoms with Gasteiger partial charge in [-0.1, -0.05) is 36.9 Å². The van der Waals surface area contributed by atoms with Crippen LogP contribution < -0.4 is 10.7 Å². The first-order valence-corrected chi connectivity index (χ1v) is 10.00. The molecule has 156 valence electrons. The molecule has 2 aromatic carbocycles. The highest BCUT2D eigenvalue weighted by Crippen LogP contribution is 2.25. The molecule has 0 spiro atoms. The predicted octanol–water partition coefficient (Wildman–Crippen LogP) is 4.53. The van der Waals surface area contributed by atoms with Crippen molar-refractivity contribution in [3.05, 3.63) is 68.7 Å². The number of rotatable bonds is 6. The van der Waals surface area contributed by atoms with Crippen LogP contribution in [0.25, 0.3) is 0 Å². The number of nitro benzene ring substituents is 1. The van der Waals surface area contributed by atoms with Crippen molar-refractivity contribution in [1.29, 1.82) is 0 Å². The summed E-state index contributed by atoms with van der Waals surface area (Å²) in [5, 5.41) is 17.6. The van der Waals surface area contributed by atoms with E-state index in [9.17, 15) is 19.7 Å². The van der Waals surface area contributed by atoms with E-state index in [1.165, 1.54) is 24.8 Å². The van der Waals surface area contributed by atoms with Crippen LogP contribution in [0.2, 0.25) is 5.02 Å². The predicted molar refractivity (Wildman–Crippen MR) is 115 cm³/mol. The van der Waals surface area contributed by atoms with Crippen LogP contribution in [0, 0.1) is 16.0 Å². The molecule has 3 rings (SSSR count). The number of hydrogen-bond acceptors (Lipinski definition) is 5. The number of nitrogens with zero attached hydrogens (tertiary/aromatic N) is 2. The van der Waals surface area contributed by atoms with Crippen LogP contribution in [0.3, 0.4) is 0 Å².